The van der Waals surface area contributed by atoms with Crippen molar-refractivity contribution in [2.45, 2.75) is 25.7 Å². The van der Waals surface area contributed by atoms with Crippen molar-refractivity contribution in [2.75, 3.05) is 19.0 Å². The van der Waals surface area contributed by atoms with Crippen LogP contribution in [0.25, 0.3) is 0 Å². The minimum absolute atomic E-state index is 0.741. The first-order valence-electron chi connectivity index (χ1n) is 4.20. The maximum absolute atomic E-state index is 5.50. The molecule has 1 N–H and O–H groups in total. The molecule has 0 amide bonds. The zero-order valence-corrected chi connectivity index (χ0v) is 7.16. The maximum Gasteiger partial charge on any atom is 0.0348 e. The molecule has 1 saturated carbocycles. The molecular weight excluding hydrogens is 146 g/mol. The molecule has 0 heterocycles. The molecule has 1 aliphatic carbocycles. The second-order valence-corrected chi connectivity index (χ2v) is 3.40. The van der Waals surface area contributed by atoms with E-state index < -0.39 is 0 Å². The first-order chi connectivity index (χ1) is 4.93. The second-order valence-electron chi connectivity index (χ2n) is 3.02. The van der Waals surface area contributed by atoms with E-state index in [4.69, 9.17) is 11.6 Å². The van der Waals surface area contributed by atoms with E-state index in [2.05, 4.69) is 5.32 Å². The Bertz CT molecular complexity index is 81.3. The van der Waals surface area contributed by atoms with Crippen molar-refractivity contribution in [2.24, 2.45) is 5.92 Å². The van der Waals surface area contributed by atoms with Gasteiger partial charge in [0.25, 0.3) is 0 Å². The highest BCUT2D eigenvalue weighted by Gasteiger charge is 2.15. The zero-order chi connectivity index (χ0) is 7.23. The van der Waals surface area contributed by atoms with Crippen LogP contribution in [0.2, 0.25) is 0 Å². The number of rotatable bonds is 5. The van der Waals surface area contributed by atoms with Crippen molar-refractivity contribution in [1.82, 2.24) is 5.32 Å². The highest BCUT2D eigenvalue weighted by Crippen LogP contribution is 2.28. The van der Waals surface area contributed by atoms with Crippen LogP contribution in [-0.4, -0.2) is 19.0 Å². The summed E-state index contributed by atoms with van der Waals surface area (Å²) in [6.45, 7) is 2.13. The average molecular weight is 162 g/mol. The SMILES string of the molecule is ClCCNCCC1CCC1. The van der Waals surface area contributed by atoms with Gasteiger partial charge in [-0.05, 0) is 18.9 Å². The van der Waals surface area contributed by atoms with E-state index in [9.17, 15) is 0 Å². The molecular formula is C8H16ClN. The van der Waals surface area contributed by atoms with Gasteiger partial charge in [-0.1, -0.05) is 19.3 Å². The Morgan fingerprint density at radius 2 is 2.10 bits per heavy atom. The summed E-state index contributed by atoms with van der Waals surface area (Å²) < 4.78 is 0. The topological polar surface area (TPSA) is 12.0 Å². The molecule has 0 bridgehead atoms. The summed E-state index contributed by atoms with van der Waals surface area (Å²) in [5, 5.41) is 3.30. The third-order valence-corrected chi connectivity index (χ3v) is 2.41. The normalized spacial score (nSPS) is 18.9. The quantitative estimate of drug-likeness (QED) is 0.481. The summed E-state index contributed by atoms with van der Waals surface area (Å²) in [5.74, 6) is 1.77. The van der Waals surface area contributed by atoms with Gasteiger partial charge in [-0.2, -0.15) is 0 Å². The first-order valence-corrected chi connectivity index (χ1v) is 4.73. The van der Waals surface area contributed by atoms with Crippen molar-refractivity contribution in [3.05, 3.63) is 0 Å². The standard InChI is InChI=1S/C8H16ClN/c9-5-7-10-6-4-8-2-1-3-8/h8,10H,1-7H2. The Balaban J connectivity index is 1.76. The Morgan fingerprint density at radius 1 is 1.30 bits per heavy atom. The highest BCUT2D eigenvalue weighted by atomic mass is 35.5. The summed E-state index contributed by atoms with van der Waals surface area (Å²) in [5.41, 5.74) is 0. The number of alkyl halides is 1. The fraction of sp³-hybridized carbons (Fsp3) is 1.00. The van der Waals surface area contributed by atoms with Gasteiger partial charge >= 0.3 is 0 Å². The van der Waals surface area contributed by atoms with Crippen LogP contribution in [0.5, 0.6) is 0 Å². The van der Waals surface area contributed by atoms with Crippen molar-refractivity contribution < 1.29 is 0 Å². The molecule has 0 aromatic rings. The molecule has 1 rings (SSSR count). The Labute approximate surface area is 68.1 Å². The van der Waals surface area contributed by atoms with Gasteiger partial charge in [0.05, 0.1) is 0 Å². The van der Waals surface area contributed by atoms with E-state index in [0.29, 0.717) is 0 Å². The number of hydrogen-bond donors (Lipinski definition) is 1. The molecule has 1 aliphatic rings. The van der Waals surface area contributed by atoms with Crippen LogP contribution < -0.4 is 5.32 Å². The molecule has 60 valence electrons. The Kier molecular flexibility index (Phi) is 4.15. The summed E-state index contributed by atoms with van der Waals surface area (Å²) in [7, 11) is 0. The third-order valence-electron chi connectivity index (χ3n) is 2.23. The summed E-state index contributed by atoms with van der Waals surface area (Å²) in [4.78, 5) is 0. The third kappa shape index (κ3) is 2.89. The Morgan fingerprint density at radius 3 is 2.60 bits per heavy atom. The van der Waals surface area contributed by atoms with Crippen LogP contribution in [0.3, 0.4) is 0 Å². The van der Waals surface area contributed by atoms with Crippen molar-refractivity contribution in [3.8, 4) is 0 Å². The Hall–Kier alpha value is 0.250. The monoisotopic (exact) mass is 161 g/mol. The lowest BCUT2D eigenvalue weighted by Crippen LogP contribution is -2.22. The van der Waals surface area contributed by atoms with Crippen LogP contribution in [0.4, 0.5) is 0 Å². The lowest BCUT2D eigenvalue weighted by Gasteiger charge is -2.25. The average Bonchev–Trinajstić information content (AvgIpc) is 1.84. The molecule has 10 heavy (non-hydrogen) atoms. The van der Waals surface area contributed by atoms with Crippen LogP contribution in [-0.2, 0) is 0 Å². The molecule has 1 fully saturated rings. The number of hydrogen-bond acceptors (Lipinski definition) is 1. The van der Waals surface area contributed by atoms with Crippen LogP contribution in [0.1, 0.15) is 25.7 Å². The van der Waals surface area contributed by atoms with Gasteiger partial charge in [0.1, 0.15) is 0 Å². The van der Waals surface area contributed by atoms with E-state index in [-0.39, 0.29) is 0 Å². The van der Waals surface area contributed by atoms with Gasteiger partial charge in [0.2, 0.25) is 0 Å². The minimum atomic E-state index is 0.741. The molecule has 0 atom stereocenters. The molecule has 0 radical (unpaired) electrons. The van der Waals surface area contributed by atoms with Crippen LogP contribution in [0, 0.1) is 5.92 Å². The van der Waals surface area contributed by atoms with Gasteiger partial charge in [-0.15, -0.1) is 11.6 Å². The van der Waals surface area contributed by atoms with Crippen LogP contribution in [0.15, 0.2) is 0 Å². The first kappa shape index (κ1) is 8.35. The molecule has 2 heteroatoms. The number of halogens is 1. The van der Waals surface area contributed by atoms with E-state index in [0.717, 1.165) is 24.9 Å². The summed E-state index contributed by atoms with van der Waals surface area (Å²) in [6.07, 6.45) is 5.74. The van der Waals surface area contributed by atoms with E-state index in [1.165, 1.54) is 25.7 Å². The highest BCUT2D eigenvalue weighted by molar-refractivity contribution is 6.18. The largest absolute Gasteiger partial charge is 0.316 e. The van der Waals surface area contributed by atoms with Gasteiger partial charge < -0.3 is 5.32 Å². The predicted octanol–water partition coefficient (Wildman–Crippen LogP) is 2.00. The zero-order valence-electron chi connectivity index (χ0n) is 6.41. The van der Waals surface area contributed by atoms with Gasteiger partial charge in [-0.25, -0.2) is 0 Å². The van der Waals surface area contributed by atoms with Gasteiger partial charge in [0.15, 0.2) is 0 Å². The lowest BCUT2D eigenvalue weighted by molar-refractivity contribution is 0.293. The molecule has 0 saturated heterocycles. The van der Waals surface area contributed by atoms with Crippen molar-refractivity contribution in [3.63, 3.8) is 0 Å². The second kappa shape index (κ2) is 4.97. The fourth-order valence-electron chi connectivity index (χ4n) is 1.28. The molecule has 0 aliphatic heterocycles. The van der Waals surface area contributed by atoms with Crippen molar-refractivity contribution >= 4 is 11.6 Å². The molecule has 0 spiro atoms. The van der Waals surface area contributed by atoms with Crippen LogP contribution >= 0.6 is 11.6 Å². The van der Waals surface area contributed by atoms with E-state index in [1.54, 1.807) is 0 Å². The lowest BCUT2D eigenvalue weighted by atomic mass is 9.83. The predicted molar refractivity (Wildman–Crippen MR) is 45.5 cm³/mol. The summed E-state index contributed by atoms with van der Waals surface area (Å²) in [6, 6.07) is 0. The molecule has 0 aromatic heterocycles. The fourth-order valence-corrected chi connectivity index (χ4v) is 1.41. The van der Waals surface area contributed by atoms with Gasteiger partial charge in [0, 0.05) is 12.4 Å². The van der Waals surface area contributed by atoms with Gasteiger partial charge in [-0.3, -0.25) is 0 Å². The number of nitrogens with one attached hydrogen (secondary N) is 1. The van der Waals surface area contributed by atoms with E-state index in [1.807, 2.05) is 0 Å². The minimum Gasteiger partial charge on any atom is -0.316 e. The smallest absolute Gasteiger partial charge is 0.0348 e. The van der Waals surface area contributed by atoms with Crippen molar-refractivity contribution in [1.29, 1.82) is 0 Å². The molecule has 1 nitrogen and oxygen atoms in total. The molecule has 0 aromatic carbocycles. The molecule has 0 unspecified atom stereocenters. The van der Waals surface area contributed by atoms with E-state index >= 15 is 0 Å². The summed E-state index contributed by atoms with van der Waals surface area (Å²) >= 11 is 5.50. The maximum atomic E-state index is 5.50.